The molecule has 5 heteroatoms. The number of nitrogens with zero attached hydrogens (tertiary/aromatic N) is 2. The van der Waals surface area contributed by atoms with Crippen LogP contribution in [-0.2, 0) is 11.2 Å². The number of aryl methyl sites for hydroxylation is 1. The molecule has 5 nitrogen and oxygen atoms in total. The van der Waals surface area contributed by atoms with Crippen LogP contribution in [0.4, 0.5) is 0 Å². The molecular weight excluding hydrogens is 160 g/mol. The molecule has 1 heterocycles. The van der Waals surface area contributed by atoms with Crippen molar-refractivity contribution in [2.75, 3.05) is 13.7 Å². The molecule has 1 rings (SSSR count). The number of hydrogen-bond donors (Lipinski definition) is 0. The molecule has 66 valence electrons. The van der Waals surface area contributed by atoms with Crippen molar-refractivity contribution in [2.45, 2.75) is 12.8 Å². The molecular formula is C7H10N2O3. The fraction of sp³-hybridized carbons (Fsp3) is 0.571. The lowest BCUT2D eigenvalue weighted by Crippen LogP contribution is -1.92. The van der Waals surface area contributed by atoms with E-state index < -0.39 is 0 Å². The van der Waals surface area contributed by atoms with Crippen molar-refractivity contribution in [1.82, 2.24) is 10.1 Å². The Morgan fingerprint density at radius 1 is 1.67 bits per heavy atom. The number of rotatable bonds is 5. The van der Waals surface area contributed by atoms with E-state index in [4.69, 9.17) is 9.26 Å². The summed E-state index contributed by atoms with van der Waals surface area (Å²) in [5.41, 5.74) is 0. The highest BCUT2D eigenvalue weighted by Gasteiger charge is 2.03. The van der Waals surface area contributed by atoms with Crippen LogP contribution in [0, 0.1) is 0 Å². The summed E-state index contributed by atoms with van der Waals surface area (Å²) in [6.07, 6.45) is 2.02. The smallest absolute Gasteiger partial charge is 0.235 e. The molecule has 1 aromatic rings. The third-order valence-corrected chi connectivity index (χ3v) is 1.33. The van der Waals surface area contributed by atoms with Gasteiger partial charge in [0, 0.05) is 20.1 Å². The van der Waals surface area contributed by atoms with Gasteiger partial charge in [0.2, 0.25) is 11.7 Å². The standard InChI is InChI=1S/C7H10N2O3/c1-11-4-2-3-7-8-6(5-10)9-12-7/h5H,2-4H2,1H3. The molecule has 0 aliphatic heterocycles. The van der Waals surface area contributed by atoms with Crippen LogP contribution < -0.4 is 0 Å². The molecule has 0 N–H and O–H groups in total. The molecule has 0 unspecified atom stereocenters. The van der Waals surface area contributed by atoms with Gasteiger partial charge in [-0.15, -0.1) is 0 Å². The molecule has 0 saturated carbocycles. The highest BCUT2D eigenvalue weighted by atomic mass is 16.5. The first-order valence-electron chi connectivity index (χ1n) is 3.63. The second kappa shape index (κ2) is 4.61. The average Bonchev–Trinajstić information content (AvgIpc) is 2.53. The molecule has 0 amide bonds. The van der Waals surface area contributed by atoms with Gasteiger partial charge in [0.25, 0.3) is 0 Å². The molecule has 1 aromatic heterocycles. The SMILES string of the molecule is COCCCc1nc(C=O)no1. The van der Waals surface area contributed by atoms with Crippen LogP contribution in [0.3, 0.4) is 0 Å². The highest BCUT2D eigenvalue weighted by molar-refractivity contribution is 5.68. The van der Waals surface area contributed by atoms with Crippen LogP contribution in [0.1, 0.15) is 22.9 Å². The van der Waals surface area contributed by atoms with Crippen molar-refractivity contribution in [3.63, 3.8) is 0 Å². The van der Waals surface area contributed by atoms with Crippen LogP contribution in [-0.4, -0.2) is 30.1 Å². The fourth-order valence-electron chi connectivity index (χ4n) is 0.785. The van der Waals surface area contributed by atoms with E-state index in [9.17, 15) is 4.79 Å². The van der Waals surface area contributed by atoms with Gasteiger partial charge in [-0.2, -0.15) is 4.98 Å². The molecule has 12 heavy (non-hydrogen) atoms. The van der Waals surface area contributed by atoms with E-state index in [1.807, 2.05) is 0 Å². The molecule has 0 atom stereocenters. The molecule has 0 saturated heterocycles. The summed E-state index contributed by atoms with van der Waals surface area (Å²) in [6, 6.07) is 0. The molecule has 0 radical (unpaired) electrons. The normalized spacial score (nSPS) is 10.1. The lowest BCUT2D eigenvalue weighted by Gasteiger charge is -1.92. The minimum atomic E-state index is 0.0995. The number of aldehydes is 1. The van der Waals surface area contributed by atoms with Crippen molar-refractivity contribution in [3.05, 3.63) is 11.7 Å². The maximum absolute atomic E-state index is 10.1. The van der Waals surface area contributed by atoms with Crippen molar-refractivity contribution in [1.29, 1.82) is 0 Å². The Hall–Kier alpha value is -1.23. The number of aromatic nitrogens is 2. The summed E-state index contributed by atoms with van der Waals surface area (Å²) >= 11 is 0. The minimum Gasteiger partial charge on any atom is -0.385 e. The number of carbonyl (C=O) groups is 1. The number of hydrogen-bond acceptors (Lipinski definition) is 5. The van der Waals surface area contributed by atoms with Crippen LogP contribution in [0.15, 0.2) is 4.52 Å². The Kier molecular flexibility index (Phi) is 3.40. The zero-order valence-electron chi connectivity index (χ0n) is 6.82. The quantitative estimate of drug-likeness (QED) is 0.474. The van der Waals surface area contributed by atoms with E-state index >= 15 is 0 Å². The van der Waals surface area contributed by atoms with E-state index in [0.29, 0.717) is 25.2 Å². The average molecular weight is 170 g/mol. The third kappa shape index (κ3) is 2.43. The van der Waals surface area contributed by atoms with Crippen molar-refractivity contribution >= 4 is 6.29 Å². The Balaban J connectivity index is 2.36. The van der Waals surface area contributed by atoms with Gasteiger partial charge in [0.05, 0.1) is 0 Å². The van der Waals surface area contributed by atoms with E-state index in [1.165, 1.54) is 0 Å². The molecule has 0 aliphatic carbocycles. The molecule has 0 aromatic carbocycles. The summed E-state index contributed by atoms with van der Waals surface area (Å²) in [4.78, 5) is 13.9. The Morgan fingerprint density at radius 2 is 2.50 bits per heavy atom. The maximum atomic E-state index is 10.1. The van der Waals surface area contributed by atoms with Gasteiger partial charge in [0.1, 0.15) is 0 Å². The van der Waals surface area contributed by atoms with Gasteiger partial charge in [-0.05, 0) is 6.42 Å². The lowest BCUT2D eigenvalue weighted by atomic mass is 10.3. The summed E-state index contributed by atoms with van der Waals surface area (Å²) in [6.45, 7) is 0.652. The summed E-state index contributed by atoms with van der Waals surface area (Å²) in [5.74, 6) is 0.580. The first kappa shape index (κ1) is 8.86. The zero-order chi connectivity index (χ0) is 8.81. The predicted octanol–water partition coefficient (Wildman–Crippen LogP) is 0.461. The number of carbonyl (C=O) groups excluding carboxylic acids is 1. The third-order valence-electron chi connectivity index (χ3n) is 1.33. The van der Waals surface area contributed by atoms with Crippen molar-refractivity contribution < 1.29 is 14.1 Å². The minimum absolute atomic E-state index is 0.0995. The van der Waals surface area contributed by atoms with Gasteiger partial charge in [0.15, 0.2) is 6.29 Å². The fourth-order valence-corrected chi connectivity index (χ4v) is 0.785. The monoisotopic (exact) mass is 170 g/mol. The zero-order valence-corrected chi connectivity index (χ0v) is 6.82. The van der Waals surface area contributed by atoms with Crippen molar-refractivity contribution in [2.24, 2.45) is 0 Å². The second-order valence-corrected chi connectivity index (χ2v) is 2.26. The largest absolute Gasteiger partial charge is 0.385 e. The molecule has 0 fully saturated rings. The first-order valence-corrected chi connectivity index (χ1v) is 3.63. The van der Waals surface area contributed by atoms with Gasteiger partial charge in [-0.25, -0.2) is 0 Å². The van der Waals surface area contributed by atoms with Crippen LogP contribution in [0.5, 0.6) is 0 Å². The summed E-state index contributed by atoms with van der Waals surface area (Å²) in [5, 5.41) is 3.42. The summed E-state index contributed by atoms with van der Waals surface area (Å²) in [7, 11) is 1.63. The number of ether oxygens (including phenoxy) is 1. The highest BCUT2D eigenvalue weighted by Crippen LogP contribution is 1.99. The van der Waals surface area contributed by atoms with E-state index in [2.05, 4.69) is 10.1 Å². The van der Waals surface area contributed by atoms with Gasteiger partial charge in [-0.1, -0.05) is 5.16 Å². The maximum Gasteiger partial charge on any atom is 0.235 e. The molecule has 0 aliphatic rings. The van der Waals surface area contributed by atoms with Gasteiger partial charge < -0.3 is 9.26 Å². The van der Waals surface area contributed by atoms with Crippen LogP contribution in [0.2, 0.25) is 0 Å². The predicted molar refractivity (Wildman–Crippen MR) is 39.9 cm³/mol. The van der Waals surface area contributed by atoms with Crippen LogP contribution in [0.25, 0.3) is 0 Å². The van der Waals surface area contributed by atoms with Crippen LogP contribution >= 0.6 is 0 Å². The first-order chi connectivity index (χ1) is 5.86. The Morgan fingerprint density at radius 3 is 3.08 bits per heavy atom. The summed E-state index contributed by atoms with van der Waals surface area (Å²) < 4.78 is 9.59. The van der Waals surface area contributed by atoms with E-state index in [0.717, 1.165) is 6.42 Å². The number of methoxy groups -OCH3 is 1. The topological polar surface area (TPSA) is 65.2 Å². The Labute approximate surface area is 69.7 Å². The van der Waals surface area contributed by atoms with E-state index in [1.54, 1.807) is 7.11 Å². The molecule has 0 spiro atoms. The Bertz CT molecular complexity index is 247. The van der Waals surface area contributed by atoms with E-state index in [-0.39, 0.29) is 5.82 Å². The molecule has 0 bridgehead atoms. The van der Waals surface area contributed by atoms with Crippen molar-refractivity contribution in [3.8, 4) is 0 Å². The second-order valence-electron chi connectivity index (χ2n) is 2.26. The lowest BCUT2D eigenvalue weighted by molar-refractivity contribution is 0.111. The van der Waals surface area contributed by atoms with Gasteiger partial charge in [-0.3, -0.25) is 4.79 Å². The van der Waals surface area contributed by atoms with Gasteiger partial charge >= 0.3 is 0 Å².